The third kappa shape index (κ3) is 2.85. The Balaban J connectivity index is 2.44. The average molecular weight is 280 g/mol. The first-order valence-electron chi connectivity index (χ1n) is 5.53. The van der Waals surface area contributed by atoms with E-state index in [1.807, 2.05) is 0 Å². The lowest BCUT2D eigenvalue weighted by Gasteiger charge is -2.11. The first-order valence-corrected chi connectivity index (χ1v) is 7.02. The van der Waals surface area contributed by atoms with Gasteiger partial charge in [0.25, 0.3) is 10.0 Å². The van der Waals surface area contributed by atoms with Crippen molar-refractivity contribution >= 4 is 21.4 Å². The van der Waals surface area contributed by atoms with Crippen molar-refractivity contribution in [2.75, 3.05) is 10.5 Å². The van der Waals surface area contributed by atoms with E-state index in [4.69, 9.17) is 5.73 Å². The summed E-state index contributed by atoms with van der Waals surface area (Å²) in [5, 5.41) is 0. The second kappa shape index (κ2) is 4.89. The van der Waals surface area contributed by atoms with E-state index in [9.17, 15) is 12.8 Å². The molecule has 0 saturated carbocycles. The number of nitrogen functional groups attached to an aromatic ring is 1. The number of aryl methyl sites for hydroxylation is 1. The van der Waals surface area contributed by atoms with E-state index in [2.05, 4.69) is 4.72 Å². The summed E-state index contributed by atoms with van der Waals surface area (Å²) in [6.07, 6.45) is 0. The van der Waals surface area contributed by atoms with Gasteiger partial charge < -0.3 is 5.73 Å². The van der Waals surface area contributed by atoms with Crippen molar-refractivity contribution in [2.45, 2.75) is 11.8 Å². The molecule has 0 spiro atoms. The lowest BCUT2D eigenvalue weighted by atomic mass is 10.2. The SMILES string of the molecule is Cc1ccccc1NS(=O)(=O)c1cc(N)ccc1F. The van der Waals surface area contributed by atoms with Gasteiger partial charge in [-0.2, -0.15) is 0 Å². The van der Waals surface area contributed by atoms with Crippen LogP contribution in [0.15, 0.2) is 47.4 Å². The highest BCUT2D eigenvalue weighted by atomic mass is 32.2. The fourth-order valence-electron chi connectivity index (χ4n) is 1.61. The Hall–Kier alpha value is -2.08. The van der Waals surface area contributed by atoms with E-state index in [1.54, 1.807) is 31.2 Å². The second-order valence-corrected chi connectivity index (χ2v) is 5.76. The number of nitrogens with one attached hydrogen (secondary N) is 1. The number of hydrogen-bond acceptors (Lipinski definition) is 3. The highest BCUT2D eigenvalue weighted by Crippen LogP contribution is 2.22. The molecule has 100 valence electrons. The molecular formula is C13H13FN2O2S. The fraction of sp³-hybridized carbons (Fsp3) is 0.0769. The van der Waals surface area contributed by atoms with Gasteiger partial charge in [-0.3, -0.25) is 4.72 Å². The van der Waals surface area contributed by atoms with Crippen LogP contribution < -0.4 is 10.5 Å². The van der Waals surface area contributed by atoms with Crippen LogP contribution in [0.2, 0.25) is 0 Å². The molecule has 2 aromatic carbocycles. The van der Waals surface area contributed by atoms with Crippen LogP contribution in [0.25, 0.3) is 0 Å². The van der Waals surface area contributed by atoms with Crippen molar-refractivity contribution in [2.24, 2.45) is 0 Å². The Morgan fingerprint density at radius 2 is 1.84 bits per heavy atom. The molecule has 0 aromatic heterocycles. The maximum absolute atomic E-state index is 13.6. The Kier molecular flexibility index (Phi) is 3.44. The molecular weight excluding hydrogens is 267 g/mol. The van der Waals surface area contributed by atoms with Crippen LogP contribution in [0.4, 0.5) is 15.8 Å². The van der Waals surface area contributed by atoms with Gasteiger partial charge in [0.15, 0.2) is 0 Å². The fourth-order valence-corrected chi connectivity index (χ4v) is 2.86. The smallest absolute Gasteiger partial charge is 0.264 e. The third-order valence-electron chi connectivity index (χ3n) is 2.63. The van der Waals surface area contributed by atoms with Crippen molar-refractivity contribution in [3.05, 3.63) is 53.8 Å². The summed E-state index contributed by atoms with van der Waals surface area (Å²) in [6, 6.07) is 10.3. The van der Waals surface area contributed by atoms with Crippen LogP contribution in [0, 0.1) is 12.7 Å². The highest BCUT2D eigenvalue weighted by molar-refractivity contribution is 7.92. The number of anilines is 2. The van der Waals surface area contributed by atoms with Crippen molar-refractivity contribution < 1.29 is 12.8 Å². The topological polar surface area (TPSA) is 72.2 Å². The Morgan fingerprint density at radius 1 is 1.16 bits per heavy atom. The van der Waals surface area contributed by atoms with Crippen LogP contribution in [0.1, 0.15) is 5.56 Å². The summed E-state index contributed by atoms with van der Waals surface area (Å²) >= 11 is 0. The minimum Gasteiger partial charge on any atom is -0.399 e. The molecule has 0 atom stereocenters. The largest absolute Gasteiger partial charge is 0.399 e. The van der Waals surface area contributed by atoms with Crippen LogP contribution in [-0.2, 0) is 10.0 Å². The zero-order valence-corrected chi connectivity index (χ0v) is 11.0. The van der Waals surface area contributed by atoms with Gasteiger partial charge in [0.2, 0.25) is 0 Å². The predicted molar refractivity (Wildman–Crippen MR) is 72.8 cm³/mol. The predicted octanol–water partition coefficient (Wildman–Crippen LogP) is 2.52. The molecule has 0 aliphatic carbocycles. The van der Waals surface area contributed by atoms with Gasteiger partial charge in [0.1, 0.15) is 10.7 Å². The van der Waals surface area contributed by atoms with Gasteiger partial charge in [0, 0.05) is 5.69 Å². The van der Waals surface area contributed by atoms with Gasteiger partial charge in [-0.15, -0.1) is 0 Å². The van der Waals surface area contributed by atoms with Crippen molar-refractivity contribution in [3.8, 4) is 0 Å². The molecule has 0 aliphatic rings. The van der Waals surface area contributed by atoms with Gasteiger partial charge >= 0.3 is 0 Å². The first kappa shape index (κ1) is 13.4. The maximum Gasteiger partial charge on any atom is 0.264 e. The lowest BCUT2D eigenvalue weighted by Crippen LogP contribution is -2.15. The minimum atomic E-state index is -3.99. The zero-order valence-electron chi connectivity index (χ0n) is 10.2. The number of halogens is 1. The van der Waals surface area contributed by atoms with E-state index < -0.39 is 20.7 Å². The number of nitrogens with two attached hydrogens (primary N) is 1. The maximum atomic E-state index is 13.6. The standard InChI is InChI=1S/C13H13FN2O2S/c1-9-4-2-3-5-12(9)16-19(17,18)13-8-10(15)6-7-11(13)14/h2-8,16H,15H2,1H3. The Labute approximate surface area is 111 Å². The van der Waals surface area contributed by atoms with Crippen molar-refractivity contribution in [3.63, 3.8) is 0 Å². The number of hydrogen-bond donors (Lipinski definition) is 2. The molecule has 0 aliphatic heterocycles. The molecule has 0 saturated heterocycles. The second-order valence-electron chi connectivity index (χ2n) is 4.11. The van der Waals surface area contributed by atoms with Gasteiger partial charge in [-0.05, 0) is 36.8 Å². The van der Waals surface area contributed by atoms with Crippen LogP contribution in [0.3, 0.4) is 0 Å². The highest BCUT2D eigenvalue weighted by Gasteiger charge is 2.20. The minimum absolute atomic E-state index is 0.187. The number of benzene rings is 2. The Morgan fingerprint density at radius 3 is 2.53 bits per heavy atom. The Bertz CT molecular complexity index is 714. The van der Waals surface area contributed by atoms with E-state index in [0.29, 0.717) is 5.69 Å². The summed E-state index contributed by atoms with van der Waals surface area (Å²) in [5.74, 6) is -0.838. The summed E-state index contributed by atoms with van der Waals surface area (Å²) in [5.41, 5.74) is 6.83. The third-order valence-corrected chi connectivity index (χ3v) is 4.01. The summed E-state index contributed by atoms with van der Waals surface area (Å²) in [7, 11) is -3.99. The molecule has 19 heavy (non-hydrogen) atoms. The summed E-state index contributed by atoms with van der Waals surface area (Å²) in [4.78, 5) is -0.462. The zero-order chi connectivity index (χ0) is 14.0. The number of rotatable bonds is 3. The molecule has 4 nitrogen and oxygen atoms in total. The quantitative estimate of drug-likeness (QED) is 0.848. The van der Waals surface area contributed by atoms with Crippen molar-refractivity contribution in [1.82, 2.24) is 0 Å². The van der Waals surface area contributed by atoms with Crippen molar-refractivity contribution in [1.29, 1.82) is 0 Å². The molecule has 0 amide bonds. The molecule has 0 heterocycles. The molecule has 6 heteroatoms. The lowest BCUT2D eigenvalue weighted by molar-refractivity contribution is 0.570. The first-order chi connectivity index (χ1) is 8.90. The molecule has 0 unspecified atom stereocenters. The molecule has 2 rings (SSSR count). The number of para-hydroxylation sites is 1. The molecule has 0 radical (unpaired) electrons. The van der Waals surface area contributed by atoms with Gasteiger partial charge in [-0.1, -0.05) is 18.2 Å². The van der Waals surface area contributed by atoms with Crippen LogP contribution in [-0.4, -0.2) is 8.42 Å². The van der Waals surface area contributed by atoms with E-state index >= 15 is 0 Å². The van der Waals surface area contributed by atoms with Gasteiger partial charge in [0.05, 0.1) is 5.69 Å². The molecule has 0 bridgehead atoms. The van der Waals surface area contributed by atoms with Gasteiger partial charge in [-0.25, -0.2) is 12.8 Å². The molecule has 3 N–H and O–H groups in total. The normalized spacial score (nSPS) is 11.3. The molecule has 0 fully saturated rings. The van der Waals surface area contributed by atoms with Crippen LogP contribution >= 0.6 is 0 Å². The molecule has 2 aromatic rings. The number of sulfonamides is 1. The summed E-state index contributed by atoms with van der Waals surface area (Å²) < 4.78 is 40.2. The van der Waals surface area contributed by atoms with E-state index in [-0.39, 0.29) is 5.69 Å². The van der Waals surface area contributed by atoms with E-state index in [1.165, 1.54) is 6.07 Å². The average Bonchev–Trinajstić information content (AvgIpc) is 2.35. The van der Waals surface area contributed by atoms with E-state index in [0.717, 1.165) is 17.7 Å². The monoisotopic (exact) mass is 280 g/mol. The summed E-state index contributed by atoms with van der Waals surface area (Å²) in [6.45, 7) is 1.76. The van der Waals surface area contributed by atoms with Crippen LogP contribution in [0.5, 0.6) is 0 Å².